The Balaban J connectivity index is 2.32. The molecule has 2 rings (SSSR count). The van der Waals surface area contributed by atoms with E-state index in [-0.39, 0.29) is 11.6 Å². The zero-order valence-electron chi connectivity index (χ0n) is 10.5. The second-order valence-corrected chi connectivity index (χ2v) is 4.88. The molecule has 0 saturated carbocycles. The van der Waals surface area contributed by atoms with Gasteiger partial charge in [0, 0.05) is 38.6 Å². The Bertz CT molecular complexity index is 442. The van der Waals surface area contributed by atoms with Crippen molar-refractivity contribution in [3.63, 3.8) is 0 Å². The molecule has 0 spiro atoms. The molecule has 2 N–H and O–H groups in total. The van der Waals surface area contributed by atoms with E-state index in [0.717, 1.165) is 19.4 Å². The fourth-order valence-corrected chi connectivity index (χ4v) is 2.44. The first-order chi connectivity index (χ1) is 8.13. The van der Waals surface area contributed by atoms with Crippen LogP contribution in [0.3, 0.4) is 0 Å². The highest BCUT2D eigenvalue weighted by Crippen LogP contribution is 2.24. The number of anilines is 1. The predicted octanol–water partition coefficient (Wildman–Crippen LogP) is 0.344. The van der Waals surface area contributed by atoms with E-state index in [1.165, 1.54) is 0 Å². The SMILES string of the molecule is CC1CCN(c2nccn(C)c2=O)C(CN)C1. The monoisotopic (exact) mass is 236 g/mol. The molecule has 2 unspecified atom stereocenters. The van der Waals surface area contributed by atoms with E-state index >= 15 is 0 Å². The average Bonchev–Trinajstić information content (AvgIpc) is 2.33. The zero-order chi connectivity index (χ0) is 12.4. The van der Waals surface area contributed by atoms with E-state index in [4.69, 9.17) is 5.73 Å². The number of hydrogen-bond acceptors (Lipinski definition) is 4. The van der Waals surface area contributed by atoms with E-state index in [0.29, 0.717) is 18.3 Å². The standard InChI is InChI=1S/C12H20N4O/c1-9-3-5-16(10(7-9)8-13)11-12(17)15(2)6-4-14-11/h4,6,9-10H,3,5,7-8,13H2,1-2H3. The van der Waals surface area contributed by atoms with Crippen LogP contribution in [0.2, 0.25) is 0 Å². The van der Waals surface area contributed by atoms with Gasteiger partial charge in [0.05, 0.1) is 0 Å². The van der Waals surface area contributed by atoms with E-state index in [2.05, 4.69) is 16.8 Å². The molecule has 0 aliphatic carbocycles. The number of piperidine rings is 1. The summed E-state index contributed by atoms with van der Waals surface area (Å²) >= 11 is 0. The number of aryl methyl sites for hydroxylation is 1. The molecule has 1 saturated heterocycles. The number of nitrogens with two attached hydrogens (primary N) is 1. The highest BCUT2D eigenvalue weighted by atomic mass is 16.1. The summed E-state index contributed by atoms with van der Waals surface area (Å²) < 4.78 is 1.56. The summed E-state index contributed by atoms with van der Waals surface area (Å²) in [6.07, 6.45) is 5.48. The lowest BCUT2D eigenvalue weighted by atomic mass is 9.92. The quantitative estimate of drug-likeness (QED) is 0.804. The van der Waals surface area contributed by atoms with Crippen LogP contribution in [0.5, 0.6) is 0 Å². The summed E-state index contributed by atoms with van der Waals surface area (Å²) in [5.74, 6) is 1.21. The summed E-state index contributed by atoms with van der Waals surface area (Å²) in [7, 11) is 1.75. The van der Waals surface area contributed by atoms with Crippen LogP contribution in [0.25, 0.3) is 0 Å². The van der Waals surface area contributed by atoms with Gasteiger partial charge < -0.3 is 15.2 Å². The fraction of sp³-hybridized carbons (Fsp3) is 0.667. The minimum Gasteiger partial charge on any atom is -0.348 e. The molecule has 1 fully saturated rings. The molecule has 0 radical (unpaired) electrons. The normalized spacial score (nSPS) is 25.0. The van der Waals surface area contributed by atoms with Gasteiger partial charge in [-0.3, -0.25) is 4.79 Å². The Morgan fingerprint density at radius 1 is 1.59 bits per heavy atom. The first-order valence-corrected chi connectivity index (χ1v) is 6.11. The summed E-state index contributed by atoms with van der Waals surface area (Å²) in [5, 5.41) is 0. The van der Waals surface area contributed by atoms with Gasteiger partial charge in [-0.1, -0.05) is 6.92 Å². The van der Waals surface area contributed by atoms with Gasteiger partial charge in [-0.25, -0.2) is 4.98 Å². The largest absolute Gasteiger partial charge is 0.348 e. The third-order valence-electron chi connectivity index (χ3n) is 3.52. The molecule has 1 aliphatic heterocycles. The van der Waals surface area contributed by atoms with Gasteiger partial charge in [0.15, 0.2) is 5.82 Å². The molecular formula is C12H20N4O. The van der Waals surface area contributed by atoms with Crippen LogP contribution in [0.15, 0.2) is 17.2 Å². The van der Waals surface area contributed by atoms with Crippen LogP contribution in [0.4, 0.5) is 5.82 Å². The van der Waals surface area contributed by atoms with E-state index in [1.807, 2.05) is 0 Å². The van der Waals surface area contributed by atoms with Crippen molar-refractivity contribution in [3.05, 3.63) is 22.7 Å². The van der Waals surface area contributed by atoms with Crippen LogP contribution < -0.4 is 16.2 Å². The number of nitrogens with zero attached hydrogens (tertiary/aromatic N) is 3. The van der Waals surface area contributed by atoms with E-state index < -0.39 is 0 Å². The predicted molar refractivity (Wildman–Crippen MR) is 68.1 cm³/mol. The zero-order valence-corrected chi connectivity index (χ0v) is 10.5. The molecule has 1 aromatic rings. The Morgan fingerprint density at radius 2 is 2.35 bits per heavy atom. The second-order valence-electron chi connectivity index (χ2n) is 4.88. The number of aromatic nitrogens is 2. The molecule has 5 heteroatoms. The number of hydrogen-bond donors (Lipinski definition) is 1. The Kier molecular flexibility index (Phi) is 3.47. The van der Waals surface area contributed by atoms with Gasteiger partial charge in [-0.15, -0.1) is 0 Å². The van der Waals surface area contributed by atoms with Crippen LogP contribution in [0.1, 0.15) is 19.8 Å². The Morgan fingerprint density at radius 3 is 3.06 bits per heavy atom. The van der Waals surface area contributed by atoms with Crippen LogP contribution in [0, 0.1) is 5.92 Å². The number of rotatable bonds is 2. The van der Waals surface area contributed by atoms with Crippen molar-refractivity contribution < 1.29 is 0 Å². The maximum atomic E-state index is 12.0. The van der Waals surface area contributed by atoms with Crippen LogP contribution in [-0.2, 0) is 7.05 Å². The second kappa shape index (κ2) is 4.87. The Hall–Kier alpha value is -1.36. The highest BCUT2D eigenvalue weighted by molar-refractivity contribution is 5.38. The van der Waals surface area contributed by atoms with Crippen molar-refractivity contribution in [1.82, 2.24) is 9.55 Å². The van der Waals surface area contributed by atoms with E-state index in [9.17, 15) is 4.79 Å². The summed E-state index contributed by atoms with van der Waals surface area (Å²) in [6.45, 7) is 3.68. The minimum absolute atomic E-state index is 0.0412. The third-order valence-corrected chi connectivity index (χ3v) is 3.52. The van der Waals surface area contributed by atoms with Gasteiger partial charge in [0.2, 0.25) is 0 Å². The van der Waals surface area contributed by atoms with E-state index in [1.54, 1.807) is 24.0 Å². The van der Waals surface area contributed by atoms with Gasteiger partial charge >= 0.3 is 0 Å². The molecular weight excluding hydrogens is 216 g/mol. The Labute approximate surface area is 101 Å². The molecule has 0 aromatic carbocycles. The first kappa shape index (κ1) is 12.1. The fourth-order valence-electron chi connectivity index (χ4n) is 2.44. The first-order valence-electron chi connectivity index (χ1n) is 6.11. The maximum Gasteiger partial charge on any atom is 0.293 e. The average molecular weight is 236 g/mol. The van der Waals surface area contributed by atoms with Crippen molar-refractivity contribution in [2.75, 3.05) is 18.0 Å². The van der Waals surface area contributed by atoms with Crippen LogP contribution >= 0.6 is 0 Å². The summed E-state index contributed by atoms with van der Waals surface area (Å²) in [6, 6.07) is 0.237. The molecule has 5 nitrogen and oxygen atoms in total. The lowest BCUT2D eigenvalue weighted by Crippen LogP contribution is -2.49. The maximum absolute atomic E-state index is 12.0. The highest BCUT2D eigenvalue weighted by Gasteiger charge is 2.27. The topological polar surface area (TPSA) is 64.2 Å². The van der Waals surface area contributed by atoms with Crippen molar-refractivity contribution in [2.45, 2.75) is 25.8 Å². The molecule has 2 heterocycles. The van der Waals surface area contributed by atoms with Crippen molar-refractivity contribution in [1.29, 1.82) is 0 Å². The molecule has 17 heavy (non-hydrogen) atoms. The van der Waals surface area contributed by atoms with Crippen molar-refractivity contribution in [2.24, 2.45) is 18.7 Å². The lowest BCUT2D eigenvalue weighted by Gasteiger charge is -2.38. The molecule has 2 atom stereocenters. The molecule has 0 amide bonds. The van der Waals surface area contributed by atoms with Gasteiger partial charge in [0.25, 0.3) is 5.56 Å². The van der Waals surface area contributed by atoms with Gasteiger partial charge in [0.1, 0.15) is 0 Å². The molecule has 94 valence electrons. The van der Waals surface area contributed by atoms with Gasteiger partial charge in [-0.2, -0.15) is 0 Å². The third kappa shape index (κ3) is 2.34. The molecule has 0 bridgehead atoms. The lowest BCUT2D eigenvalue weighted by molar-refractivity contribution is 0.363. The minimum atomic E-state index is -0.0412. The van der Waals surface area contributed by atoms with Crippen molar-refractivity contribution in [3.8, 4) is 0 Å². The smallest absolute Gasteiger partial charge is 0.293 e. The van der Waals surface area contributed by atoms with Gasteiger partial charge in [-0.05, 0) is 18.8 Å². The van der Waals surface area contributed by atoms with Crippen LogP contribution in [-0.4, -0.2) is 28.7 Å². The summed E-state index contributed by atoms with van der Waals surface area (Å²) in [5.41, 5.74) is 5.76. The molecule has 1 aliphatic rings. The summed E-state index contributed by atoms with van der Waals surface area (Å²) in [4.78, 5) is 18.3. The molecule has 1 aromatic heterocycles. The van der Waals surface area contributed by atoms with Crippen molar-refractivity contribution >= 4 is 5.82 Å².